The molecule has 0 spiro atoms. The molecular weight excluding hydrogens is 440 g/mol. The number of nitrogens with zero attached hydrogens (tertiary/aromatic N) is 4. The van der Waals surface area contributed by atoms with Crippen LogP contribution < -0.4 is 11.1 Å². The quantitative estimate of drug-likeness (QED) is 0.436. The number of methoxy groups -OCH3 is 1. The number of anilines is 1. The predicted octanol–water partition coefficient (Wildman–Crippen LogP) is 4.32. The summed E-state index contributed by atoms with van der Waals surface area (Å²) in [6.07, 6.45) is 4.69. The molecule has 8 heteroatoms. The summed E-state index contributed by atoms with van der Waals surface area (Å²) >= 11 is 0. The van der Waals surface area contributed by atoms with Gasteiger partial charge in [-0.15, -0.1) is 0 Å². The number of fused-ring (bicyclic) bond motifs is 1. The van der Waals surface area contributed by atoms with Crippen LogP contribution in [0.1, 0.15) is 23.6 Å². The fourth-order valence-corrected chi connectivity index (χ4v) is 4.39. The van der Waals surface area contributed by atoms with E-state index in [4.69, 9.17) is 10.5 Å². The fourth-order valence-electron chi connectivity index (χ4n) is 4.39. The van der Waals surface area contributed by atoms with Crippen molar-refractivity contribution in [1.29, 1.82) is 0 Å². The van der Waals surface area contributed by atoms with Gasteiger partial charge in [-0.1, -0.05) is 60.7 Å². The van der Waals surface area contributed by atoms with E-state index >= 15 is 0 Å². The number of carbonyl (C=O) groups excluding carboxylic acids is 1. The Balaban J connectivity index is 0.000000172. The van der Waals surface area contributed by atoms with Gasteiger partial charge in [0.1, 0.15) is 11.5 Å². The molecular formula is C27H32N6O2. The van der Waals surface area contributed by atoms with E-state index in [1.807, 2.05) is 37.3 Å². The molecule has 0 bridgehead atoms. The predicted molar refractivity (Wildman–Crippen MR) is 138 cm³/mol. The van der Waals surface area contributed by atoms with Crippen molar-refractivity contribution in [2.75, 3.05) is 38.7 Å². The van der Waals surface area contributed by atoms with Gasteiger partial charge in [0.15, 0.2) is 5.65 Å². The molecule has 1 fully saturated rings. The number of amides is 2. The molecule has 3 heterocycles. The molecule has 4 aromatic rings. The van der Waals surface area contributed by atoms with Gasteiger partial charge in [0.2, 0.25) is 0 Å². The molecule has 3 N–H and O–H groups in total. The average Bonchev–Trinajstić information content (AvgIpc) is 3.50. The van der Waals surface area contributed by atoms with Crippen LogP contribution in [0.4, 0.5) is 10.6 Å². The Labute approximate surface area is 205 Å². The van der Waals surface area contributed by atoms with Gasteiger partial charge in [0, 0.05) is 38.2 Å². The van der Waals surface area contributed by atoms with E-state index < -0.39 is 6.03 Å². The summed E-state index contributed by atoms with van der Waals surface area (Å²) in [7, 11) is 1.77. The lowest BCUT2D eigenvalue weighted by Crippen LogP contribution is -2.24. The van der Waals surface area contributed by atoms with Crippen molar-refractivity contribution in [3.05, 3.63) is 84.3 Å². The lowest BCUT2D eigenvalue weighted by molar-refractivity contribution is 0.160. The van der Waals surface area contributed by atoms with Crippen LogP contribution in [0.5, 0.6) is 0 Å². The third-order valence-electron chi connectivity index (χ3n) is 6.16. The maximum absolute atomic E-state index is 11.2. The normalized spacial score (nSPS) is 15.5. The number of urea groups is 1. The average molecular weight is 473 g/mol. The summed E-state index contributed by atoms with van der Waals surface area (Å²) < 4.78 is 6.88. The number of imidazole rings is 1. The van der Waals surface area contributed by atoms with Crippen molar-refractivity contribution in [2.45, 2.75) is 19.3 Å². The Kier molecular flexibility index (Phi) is 8.07. The molecule has 1 aliphatic rings. The van der Waals surface area contributed by atoms with Crippen LogP contribution in [0.3, 0.4) is 0 Å². The maximum atomic E-state index is 11.2. The van der Waals surface area contributed by atoms with Gasteiger partial charge in [0.25, 0.3) is 0 Å². The minimum Gasteiger partial charge on any atom is -0.383 e. The van der Waals surface area contributed by atoms with E-state index in [1.54, 1.807) is 23.9 Å². The second kappa shape index (κ2) is 11.6. The van der Waals surface area contributed by atoms with Gasteiger partial charge in [-0.2, -0.15) is 0 Å². The molecule has 2 aromatic carbocycles. The molecule has 1 unspecified atom stereocenters. The molecule has 2 aromatic heterocycles. The van der Waals surface area contributed by atoms with Crippen LogP contribution in [0, 0.1) is 6.92 Å². The minimum absolute atomic E-state index is 0.546. The molecule has 35 heavy (non-hydrogen) atoms. The summed E-state index contributed by atoms with van der Waals surface area (Å²) in [5.74, 6) is 1.27. The van der Waals surface area contributed by atoms with Crippen molar-refractivity contribution in [3.63, 3.8) is 0 Å². The molecule has 0 radical (unpaired) electrons. The SMILES string of the molecule is COCCN1CCC(c2ccccc2)C1.Cc1nccn2c(NC(N)=O)c(-c3ccccc3)nc12. The van der Waals surface area contributed by atoms with Crippen molar-refractivity contribution in [1.82, 2.24) is 19.3 Å². The van der Waals surface area contributed by atoms with Crippen LogP contribution in [0.15, 0.2) is 73.1 Å². The van der Waals surface area contributed by atoms with Gasteiger partial charge in [0.05, 0.1) is 12.3 Å². The number of benzene rings is 2. The van der Waals surface area contributed by atoms with E-state index in [9.17, 15) is 4.79 Å². The molecule has 8 nitrogen and oxygen atoms in total. The van der Waals surface area contributed by atoms with Crippen LogP contribution in [-0.2, 0) is 4.74 Å². The standard InChI is InChI=1S/C14H13N5O.C13H19NO/c1-9-12-17-11(10-5-3-2-4-6-10)13(18-14(15)20)19(12)8-7-16-9;1-15-10-9-14-8-7-13(11-14)12-5-3-2-4-6-12/h2-8H,1H3,(H3,15,18,20);2-6,13H,7-11H2,1H3. The lowest BCUT2D eigenvalue weighted by Gasteiger charge is -2.15. The summed E-state index contributed by atoms with van der Waals surface area (Å²) in [6, 6.07) is 19.8. The van der Waals surface area contributed by atoms with E-state index in [-0.39, 0.29) is 0 Å². The molecule has 2 amide bonds. The van der Waals surface area contributed by atoms with E-state index in [0.29, 0.717) is 17.2 Å². The number of ether oxygens (including phenoxy) is 1. The van der Waals surface area contributed by atoms with E-state index in [2.05, 4.69) is 50.5 Å². The lowest BCUT2D eigenvalue weighted by atomic mass is 9.99. The first-order chi connectivity index (χ1) is 17.1. The first-order valence-corrected chi connectivity index (χ1v) is 11.8. The number of hydrogen-bond donors (Lipinski definition) is 2. The Morgan fingerprint density at radius 2 is 1.86 bits per heavy atom. The molecule has 5 rings (SSSR count). The van der Waals surface area contributed by atoms with Gasteiger partial charge < -0.3 is 15.4 Å². The second-order valence-electron chi connectivity index (χ2n) is 8.56. The zero-order chi connectivity index (χ0) is 24.6. The monoisotopic (exact) mass is 472 g/mol. The molecule has 0 saturated carbocycles. The van der Waals surface area contributed by atoms with E-state index in [0.717, 1.165) is 30.3 Å². The third kappa shape index (κ3) is 6.03. The molecule has 1 atom stereocenters. The van der Waals surface area contributed by atoms with Crippen LogP contribution in [-0.4, -0.2) is 58.7 Å². The first-order valence-electron chi connectivity index (χ1n) is 11.8. The third-order valence-corrected chi connectivity index (χ3v) is 6.16. The number of nitrogens with two attached hydrogens (primary N) is 1. The van der Waals surface area contributed by atoms with E-state index in [1.165, 1.54) is 25.1 Å². The highest BCUT2D eigenvalue weighted by atomic mass is 16.5. The van der Waals surface area contributed by atoms with Crippen molar-refractivity contribution in [3.8, 4) is 11.3 Å². The van der Waals surface area contributed by atoms with Crippen LogP contribution in [0.25, 0.3) is 16.9 Å². The number of nitrogens with one attached hydrogen (secondary N) is 1. The molecule has 0 aliphatic carbocycles. The number of hydrogen-bond acceptors (Lipinski definition) is 5. The molecule has 1 aliphatic heterocycles. The number of primary amides is 1. The van der Waals surface area contributed by atoms with Crippen molar-refractivity contribution in [2.24, 2.45) is 5.73 Å². The highest BCUT2D eigenvalue weighted by Crippen LogP contribution is 2.29. The Morgan fingerprint density at radius 3 is 2.54 bits per heavy atom. The van der Waals surface area contributed by atoms with Crippen molar-refractivity contribution >= 4 is 17.5 Å². The molecule has 182 valence electrons. The number of aryl methyl sites for hydroxylation is 1. The number of rotatable bonds is 6. The number of aromatic nitrogens is 3. The van der Waals surface area contributed by atoms with Crippen molar-refractivity contribution < 1.29 is 9.53 Å². The maximum Gasteiger partial charge on any atom is 0.317 e. The summed E-state index contributed by atoms with van der Waals surface area (Å²) in [5.41, 5.74) is 9.78. The van der Waals surface area contributed by atoms with Gasteiger partial charge >= 0.3 is 6.03 Å². The highest BCUT2D eigenvalue weighted by molar-refractivity contribution is 5.92. The Morgan fingerprint density at radius 1 is 1.14 bits per heavy atom. The number of likely N-dealkylation sites (tertiary alicyclic amines) is 1. The Bertz CT molecular complexity index is 1240. The summed E-state index contributed by atoms with van der Waals surface area (Å²) in [4.78, 5) is 22.5. The topological polar surface area (TPSA) is 97.8 Å². The van der Waals surface area contributed by atoms with Gasteiger partial charge in [-0.25, -0.2) is 9.78 Å². The minimum atomic E-state index is -0.626. The smallest absolute Gasteiger partial charge is 0.317 e. The Hall–Kier alpha value is -3.75. The zero-order valence-corrected chi connectivity index (χ0v) is 20.2. The zero-order valence-electron chi connectivity index (χ0n) is 20.2. The van der Waals surface area contributed by atoms with Crippen LogP contribution in [0.2, 0.25) is 0 Å². The summed E-state index contributed by atoms with van der Waals surface area (Å²) in [5, 5.41) is 2.63. The highest BCUT2D eigenvalue weighted by Gasteiger charge is 2.23. The fraction of sp³-hybridized carbons (Fsp3) is 0.296. The molecule has 1 saturated heterocycles. The number of carbonyl (C=O) groups is 1. The first kappa shape index (κ1) is 24.4. The second-order valence-corrected chi connectivity index (χ2v) is 8.56. The summed E-state index contributed by atoms with van der Waals surface area (Å²) in [6.45, 7) is 6.18. The van der Waals surface area contributed by atoms with Gasteiger partial charge in [-0.05, 0) is 31.4 Å². The largest absolute Gasteiger partial charge is 0.383 e. The van der Waals surface area contributed by atoms with Gasteiger partial charge in [-0.3, -0.25) is 14.7 Å². The van der Waals surface area contributed by atoms with Crippen LogP contribution >= 0.6 is 0 Å².